The second-order valence-electron chi connectivity index (χ2n) is 6.45. The molecule has 0 atom stereocenters. The first kappa shape index (κ1) is 19.6. The summed E-state index contributed by atoms with van der Waals surface area (Å²) in [5.41, 5.74) is 3.13. The van der Waals surface area contributed by atoms with E-state index < -0.39 is 5.97 Å². The first-order chi connectivity index (χ1) is 13.5. The number of benzene rings is 2. The highest BCUT2D eigenvalue weighted by atomic mass is 19.1. The summed E-state index contributed by atoms with van der Waals surface area (Å²) < 4.78 is 20.9. The van der Waals surface area contributed by atoms with Crippen LogP contribution < -0.4 is 4.74 Å². The van der Waals surface area contributed by atoms with E-state index in [1.54, 1.807) is 24.3 Å². The van der Waals surface area contributed by atoms with Crippen molar-refractivity contribution in [1.82, 2.24) is 9.78 Å². The quantitative estimate of drug-likeness (QED) is 0.578. The van der Waals surface area contributed by atoms with Crippen LogP contribution in [0.4, 0.5) is 4.39 Å². The monoisotopic (exact) mass is 382 g/mol. The van der Waals surface area contributed by atoms with Crippen molar-refractivity contribution < 1.29 is 19.0 Å². The van der Waals surface area contributed by atoms with Crippen LogP contribution in [-0.2, 0) is 6.54 Å². The van der Waals surface area contributed by atoms with Gasteiger partial charge in [-0.25, -0.2) is 9.18 Å². The van der Waals surface area contributed by atoms with E-state index in [1.165, 1.54) is 18.2 Å². The lowest BCUT2D eigenvalue weighted by Crippen LogP contribution is -2.03. The first-order valence-corrected chi connectivity index (χ1v) is 9.37. The zero-order chi connectivity index (χ0) is 20.1. The summed E-state index contributed by atoms with van der Waals surface area (Å²) in [6, 6.07) is 12.9. The van der Waals surface area contributed by atoms with Crippen molar-refractivity contribution in [3.05, 3.63) is 59.9 Å². The third-order valence-corrected chi connectivity index (χ3v) is 4.45. The van der Waals surface area contributed by atoms with Crippen LogP contribution in [0.1, 0.15) is 37.0 Å². The number of carboxylic acid groups (broad SMARTS) is 1. The van der Waals surface area contributed by atoms with E-state index in [-0.39, 0.29) is 11.4 Å². The number of carboxylic acids is 1. The summed E-state index contributed by atoms with van der Waals surface area (Å²) >= 11 is 0. The van der Waals surface area contributed by atoms with Crippen LogP contribution in [0.2, 0.25) is 0 Å². The molecule has 0 unspecified atom stereocenters. The smallest absolute Gasteiger partial charge is 0.335 e. The van der Waals surface area contributed by atoms with Gasteiger partial charge in [0.15, 0.2) is 0 Å². The highest BCUT2D eigenvalue weighted by Crippen LogP contribution is 2.33. The van der Waals surface area contributed by atoms with Crippen molar-refractivity contribution in [2.45, 2.75) is 33.2 Å². The molecule has 6 heteroatoms. The van der Waals surface area contributed by atoms with Gasteiger partial charge in [-0.15, -0.1) is 0 Å². The van der Waals surface area contributed by atoms with Crippen LogP contribution in [0.3, 0.4) is 0 Å². The minimum absolute atomic E-state index is 0.171. The minimum atomic E-state index is -1.01. The lowest BCUT2D eigenvalue weighted by molar-refractivity contribution is 0.0697. The van der Waals surface area contributed by atoms with Gasteiger partial charge in [0.1, 0.15) is 11.6 Å². The molecule has 146 valence electrons. The molecule has 3 aromatic rings. The molecule has 2 aromatic carbocycles. The third kappa shape index (κ3) is 4.22. The largest absolute Gasteiger partial charge is 0.493 e. The Morgan fingerprint density at radius 3 is 2.54 bits per heavy atom. The van der Waals surface area contributed by atoms with E-state index in [9.17, 15) is 14.3 Å². The van der Waals surface area contributed by atoms with Gasteiger partial charge in [-0.2, -0.15) is 5.10 Å². The Balaban J connectivity index is 2.12. The molecular formula is C22H23FN2O3. The van der Waals surface area contributed by atoms with E-state index >= 15 is 0 Å². The standard InChI is InChI=1S/C22H23FN2O3/c1-3-5-12-25-20(15-6-9-17(23)10-7-15)14-19(24-25)18-13-16(22(26)27)8-11-21(18)28-4-2/h6-11,13-14H,3-5,12H2,1-2H3,(H,26,27). The molecule has 1 N–H and O–H groups in total. The van der Waals surface area contributed by atoms with Gasteiger partial charge in [0.05, 0.1) is 23.6 Å². The number of nitrogens with zero attached hydrogens (tertiary/aromatic N) is 2. The first-order valence-electron chi connectivity index (χ1n) is 9.37. The number of carbonyl (C=O) groups is 1. The van der Waals surface area contributed by atoms with E-state index in [0.29, 0.717) is 30.2 Å². The molecule has 1 heterocycles. The van der Waals surface area contributed by atoms with Gasteiger partial charge >= 0.3 is 5.97 Å². The summed E-state index contributed by atoms with van der Waals surface area (Å²) in [4.78, 5) is 11.4. The Hall–Kier alpha value is -3.15. The number of ether oxygens (including phenoxy) is 1. The molecule has 0 aliphatic rings. The maximum Gasteiger partial charge on any atom is 0.335 e. The molecule has 0 aliphatic heterocycles. The van der Waals surface area contributed by atoms with Gasteiger partial charge in [-0.3, -0.25) is 4.68 Å². The van der Waals surface area contributed by atoms with Gasteiger partial charge in [-0.05, 0) is 61.9 Å². The number of hydrogen-bond acceptors (Lipinski definition) is 3. The topological polar surface area (TPSA) is 64.4 Å². The number of hydrogen-bond donors (Lipinski definition) is 1. The van der Waals surface area contributed by atoms with Crippen LogP contribution >= 0.6 is 0 Å². The van der Waals surface area contributed by atoms with Crippen LogP contribution in [0.5, 0.6) is 5.75 Å². The van der Waals surface area contributed by atoms with Gasteiger partial charge in [0.25, 0.3) is 0 Å². The fourth-order valence-corrected chi connectivity index (χ4v) is 3.02. The van der Waals surface area contributed by atoms with E-state index in [0.717, 1.165) is 24.1 Å². The van der Waals surface area contributed by atoms with Crippen LogP contribution in [0.25, 0.3) is 22.5 Å². The highest BCUT2D eigenvalue weighted by molar-refractivity contribution is 5.90. The predicted molar refractivity (Wildman–Crippen MR) is 106 cm³/mol. The van der Waals surface area contributed by atoms with Crippen molar-refractivity contribution in [2.75, 3.05) is 6.61 Å². The van der Waals surface area contributed by atoms with Crippen LogP contribution in [0, 0.1) is 5.82 Å². The summed E-state index contributed by atoms with van der Waals surface area (Å²) in [5, 5.41) is 14.1. The average Bonchev–Trinajstić information content (AvgIpc) is 3.11. The van der Waals surface area contributed by atoms with Crippen molar-refractivity contribution in [3.63, 3.8) is 0 Å². The Morgan fingerprint density at radius 1 is 1.14 bits per heavy atom. The zero-order valence-corrected chi connectivity index (χ0v) is 16.0. The van der Waals surface area contributed by atoms with E-state index in [1.807, 2.05) is 17.7 Å². The molecule has 5 nitrogen and oxygen atoms in total. The van der Waals surface area contributed by atoms with Crippen molar-refractivity contribution >= 4 is 5.97 Å². The number of unbranched alkanes of at least 4 members (excludes halogenated alkanes) is 1. The Morgan fingerprint density at radius 2 is 1.89 bits per heavy atom. The van der Waals surface area contributed by atoms with Crippen LogP contribution in [-0.4, -0.2) is 27.5 Å². The molecule has 0 aliphatic carbocycles. The second kappa shape index (κ2) is 8.69. The van der Waals surface area contributed by atoms with Crippen LogP contribution in [0.15, 0.2) is 48.5 Å². The van der Waals surface area contributed by atoms with Crippen molar-refractivity contribution in [3.8, 4) is 28.3 Å². The Bertz CT molecular complexity index is 964. The SMILES string of the molecule is CCCCn1nc(-c2cc(C(=O)O)ccc2OCC)cc1-c1ccc(F)cc1. The predicted octanol–water partition coefficient (Wildman–Crippen LogP) is 5.25. The zero-order valence-electron chi connectivity index (χ0n) is 16.0. The third-order valence-electron chi connectivity index (χ3n) is 4.45. The molecule has 0 saturated carbocycles. The van der Waals surface area contributed by atoms with Gasteiger partial charge in [0, 0.05) is 17.7 Å². The number of aromatic carboxylic acids is 1. The minimum Gasteiger partial charge on any atom is -0.493 e. The second-order valence-corrected chi connectivity index (χ2v) is 6.45. The maximum atomic E-state index is 13.3. The number of aryl methyl sites for hydroxylation is 1. The van der Waals surface area contributed by atoms with Gasteiger partial charge in [-0.1, -0.05) is 13.3 Å². The lowest BCUT2D eigenvalue weighted by Gasteiger charge is -2.09. The average molecular weight is 382 g/mol. The lowest BCUT2D eigenvalue weighted by atomic mass is 10.1. The number of halogens is 1. The van der Waals surface area contributed by atoms with Crippen molar-refractivity contribution in [2.24, 2.45) is 0 Å². The molecule has 0 fully saturated rings. The van der Waals surface area contributed by atoms with Gasteiger partial charge in [0.2, 0.25) is 0 Å². The van der Waals surface area contributed by atoms with Gasteiger partial charge < -0.3 is 9.84 Å². The summed E-state index contributed by atoms with van der Waals surface area (Å²) in [6.07, 6.45) is 1.96. The fraction of sp³-hybridized carbons (Fsp3) is 0.273. The Labute approximate surface area is 163 Å². The van der Waals surface area contributed by atoms with E-state index in [4.69, 9.17) is 9.84 Å². The molecular weight excluding hydrogens is 359 g/mol. The molecule has 0 amide bonds. The summed E-state index contributed by atoms with van der Waals surface area (Å²) in [5.74, 6) is -0.719. The molecule has 1 aromatic heterocycles. The molecule has 0 bridgehead atoms. The highest BCUT2D eigenvalue weighted by Gasteiger charge is 2.17. The van der Waals surface area contributed by atoms with Crippen molar-refractivity contribution in [1.29, 1.82) is 0 Å². The summed E-state index contributed by atoms with van der Waals surface area (Å²) in [6.45, 7) is 5.15. The number of rotatable bonds is 8. The molecule has 0 radical (unpaired) electrons. The molecule has 3 rings (SSSR count). The normalized spacial score (nSPS) is 10.8. The summed E-state index contributed by atoms with van der Waals surface area (Å²) in [7, 11) is 0. The molecule has 0 saturated heterocycles. The molecule has 0 spiro atoms. The number of aromatic nitrogens is 2. The molecule has 28 heavy (non-hydrogen) atoms. The Kier molecular flexibility index (Phi) is 6.09. The maximum absolute atomic E-state index is 13.3. The fourth-order valence-electron chi connectivity index (χ4n) is 3.02. The van der Waals surface area contributed by atoms with E-state index in [2.05, 4.69) is 6.92 Å².